The zero-order valence-corrected chi connectivity index (χ0v) is 36.5. The molecular formula is C46H57N7O7S. The van der Waals surface area contributed by atoms with E-state index in [1.807, 2.05) is 19.2 Å². The number of piperazine rings is 1. The molecule has 14 nitrogen and oxygen atoms in total. The molecule has 5 fully saturated rings. The van der Waals surface area contributed by atoms with Gasteiger partial charge in [0.05, 0.1) is 34.3 Å². The van der Waals surface area contributed by atoms with Crippen LogP contribution in [0.4, 0.5) is 11.4 Å². The quantitative estimate of drug-likeness (QED) is 0.0780. The second-order valence-electron chi connectivity index (χ2n) is 19.5. The summed E-state index contributed by atoms with van der Waals surface area (Å²) < 4.78 is 41.7. The van der Waals surface area contributed by atoms with E-state index in [2.05, 4.69) is 50.2 Å². The average Bonchev–Trinajstić information content (AvgIpc) is 3.67. The number of aryl methyl sites for hydroxylation is 1. The lowest BCUT2D eigenvalue weighted by atomic mass is 9.33. The normalized spacial score (nSPS) is 25.5. The van der Waals surface area contributed by atoms with Gasteiger partial charge in [-0.3, -0.25) is 19.8 Å². The summed E-state index contributed by atoms with van der Waals surface area (Å²) in [5.41, 5.74) is 6.41. The first-order chi connectivity index (χ1) is 29.1. The van der Waals surface area contributed by atoms with Crippen LogP contribution in [0.25, 0.3) is 11.0 Å². The van der Waals surface area contributed by atoms with Gasteiger partial charge in [0, 0.05) is 80.8 Å². The third kappa shape index (κ3) is 8.54. The Kier molecular flexibility index (Phi) is 10.8. The highest BCUT2D eigenvalue weighted by molar-refractivity contribution is 7.90. The van der Waals surface area contributed by atoms with Crippen molar-refractivity contribution in [2.75, 3.05) is 64.4 Å². The van der Waals surface area contributed by atoms with Crippen molar-refractivity contribution in [2.24, 2.45) is 16.2 Å². The molecule has 4 aliphatic carbocycles. The van der Waals surface area contributed by atoms with Crippen LogP contribution < -0.4 is 14.4 Å². The molecule has 0 spiro atoms. The molecule has 2 aromatic carbocycles. The highest BCUT2D eigenvalue weighted by atomic mass is 32.2. The molecule has 6 aliphatic rings. The standard InChI is InChI=1S/C46H57N7O7S/c1-44(2)13-11-33(39(24-44)46-28-45(3,29-46)30-46)26-51-15-17-52(18-16-51)34-7-10-38(41(22-34)60-36-21-32-12-14-47-42(32)48-25-36)43(54)49-61(57,58)37-9-6-31(40(23-37)53(55)56)5-8-35-27-50(4)19-20-59-35/h6-7,9-10,12,14,21-23,25,35H,5,8,11,13,15-20,24,26-30H2,1-4H3,(H,47,48)(H,49,54). The summed E-state index contributed by atoms with van der Waals surface area (Å²) in [5, 5.41) is 13.0. The number of rotatable bonds is 13. The van der Waals surface area contributed by atoms with Gasteiger partial charge in [-0.05, 0) is 105 Å². The number of ether oxygens (including phenoxy) is 2. The number of hydrogen-bond donors (Lipinski definition) is 2. The minimum Gasteiger partial charge on any atom is -0.455 e. The van der Waals surface area contributed by atoms with Crippen LogP contribution in [-0.4, -0.2) is 105 Å². The monoisotopic (exact) mass is 851 g/mol. The van der Waals surface area contributed by atoms with E-state index < -0.39 is 20.9 Å². The van der Waals surface area contributed by atoms with E-state index in [4.69, 9.17) is 9.47 Å². The van der Waals surface area contributed by atoms with Gasteiger partial charge in [0.15, 0.2) is 0 Å². The highest BCUT2D eigenvalue weighted by Gasteiger charge is 2.66. The fourth-order valence-electron chi connectivity index (χ4n) is 10.9. The number of pyridine rings is 1. The Morgan fingerprint density at radius 3 is 2.57 bits per heavy atom. The molecule has 2 aliphatic heterocycles. The Labute approximate surface area is 357 Å². The fraction of sp³-hybridized carbons (Fsp3) is 0.522. The summed E-state index contributed by atoms with van der Waals surface area (Å²) in [4.78, 5) is 39.6. The van der Waals surface area contributed by atoms with Gasteiger partial charge in [-0.2, -0.15) is 0 Å². The maximum absolute atomic E-state index is 13.9. The van der Waals surface area contributed by atoms with Gasteiger partial charge in [0.2, 0.25) is 0 Å². The van der Waals surface area contributed by atoms with E-state index in [0.29, 0.717) is 59.2 Å². The molecule has 2 bridgehead atoms. The van der Waals surface area contributed by atoms with Crippen molar-refractivity contribution in [3.63, 3.8) is 0 Å². The van der Waals surface area contributed by atoms with E-state index in [1.165, 1.54) is 50.7 Å². The molecule has 4 aromatic rings. The number of aromatic nitrogens is 2. The van der Waals surface area contributed by atoms with Gasteiger partial charge >= 0.3 is 0 Å². The summed E-state index contributed by atoms with van der Waals surface area (Å²) in [7, 11) is -2.53. The van der Waals surface area contributed by atoms with Crippen LogP contribution in [0.5, 0.6) is 11.5 Å². The zero-order valence-electron chi connectivity index (χ0n) is 35.7. The SMILES string of the molecule is CN1CCOC(CCc2ccc(S(=O)(=O)NC(=O)c3ccc(N4CCN(CC5=C(C67CC(C)(C6)C7)CC(C)(C)CC5)CC4)cc3Oc3cnc4[nH]ccc4c3)cc2[N+](=O)[O-])C1. The molecule has 0 radical (unpaired) electrons. The molecule has 3 saturated carbocycles. The van der Waals surface area contributed by atoms with Crippen molar-refractivity contribution in [1.82, 2.24) is 24.5 Å². The minimum absolute atomic E-state index is 0.00847. The summed E-state index contributed by atoms with van der Waals surface area (Å²) in [5.74, 6) is -0.391. The first-order valence-corrected chi connectivity index (χ1v) is 23.1. The highest BCUT2D eigenvalue weighted by Crippen LogP contribution is 2.77. The van der Waals surface area contributed by atoms with Crippen molar-refractivity contribution >= 4 is 38.3 Å². The van der Waals surface area contributed by atoms with Crippen LogP contribution in [0.3, 0.4) is 0 Å². The Bertz CT molecular complexity index is 2490. The second kappa shape index (κ2) is 15.8. The Morgan fingerprint density at radius 1 is 1.05 bits per heavy atom. The Morgan fingerprint density at radius 2 is 1.84 bits per heavy atom. The molecule has 1 unspecified atom stereocenters. The maximum atomic E-state index is 13.9. The number of carbonyl (C=O) groups is 1. The lowest BCUT2D eigenvalue weighted by Gasteiger charge is -2.72. The van der Waals surface area contributed by atoms with E-state index in [1.54, 1.807) is 41.7 Å². The van der Waals surface area contributed by atoms with Gasteiger partial charge in [-0.25, -0.2) is 18.1 Å². The summed E-state index contributed by atoms with van der Waals surface area (Å²) in [6.07, 6.45) is 11.8. The lowest BCUT2D eigenvalue weighted by molar-refractivity contribution is -0.385. The van der Waals surface area contributed by atoms with Gasteiger partial charge in [-0.1, -0.05) is 38.0 Å². The van der Waals surface area contributed by atoms with Crippen LogP contribution in [-0.2, 0) is 21.2 Å². The molecule has 10 rings (SSSR count). The van der Waals surface area contributed by atoms with Gasteiger partial charge in [-0.15, -0.1) is 0 Å². The summed E-state index contributed by atoms with van der Waals surface area (Å²) in [6.45, 7) is 13.8. The number of sulfonamides is 1. The minimum atomic E-state index is -4.53. The van der Waals surface area contributed by atoms with Crippen LogP contribution >= 0.6 is 0 Å². The number of benzene rings is 2. The van der Waals surface area contributed by atoms with Crippen LogP contribution in [0, 0.1) is 26.4 Å². The number of H-pyrrole nitrogens is 1. The third-order valence-corrected chi connectivity index (χ3v) is 15.3. The molecule has 324 valence electrons. The van der Waals surface area contributed by atoms with Crippen molar-refractivity contribution in [3.8, 4) is 11.5 Å². The van der Waals surface area contributed by atoms with Crippen LogP contribution in [0.2, 0.25) is 0 Å². The number of likely N-dealkylation sites (N-methyl/N-ethyl adjacent to an activating group) is 1. The predicted molar refractivity (Wildman–Crippen MR) is 234 cm³/mol. The number of aromatic amines is 1. The van der Waals surface area contributed by atoms with Crippen molar-refractivity contribution < 1.29 is 27.6 Å². The number of allylic oxidation sites excluding steroid dienone is 1. The number of nitrogens with one attached hydrogen (secondary N) is 2. The van der Waals surface area contributed by atoms with E-state index in [-0.39, 0.29) is 28.0 Å². The topological polar surface area (TPSA) is 163 Å². The first kappa shape index (κ1) is 41.5. The third-order valence-electron chi connectivity index (χ3n) is 14.0. The summed E-state index contributed by atoms with van der Waals surface area (Å²) in [6, 6.07) is 12.6. The maximum Gasteiger partial charge on any atom is 0.273 e. The number of morpholine rings is 1. The van der Waals surface area contributed by atoms with Crippen LogP contribution in [0.15, 0.2) is 77.0 Å². The number of hydrogen-bond acceptors (Lipinski definition) is 11. The number of nitrogens with zero attached hydrogens (tertiary/aromatic N) is 5. The molecule has 4 heterocycles. The predicted octanol–water partition coefficient (Wildman–Crippen LogP) is 7.46. The lowest BCUT2D eigenvalue weighted by Crippen LogP contribution is -2.61. The van der Waals surface area contributed by atoms with E-state index >= 15 is 0 Å². The first-order valence-electron chi connectivity index (χ1n) is 21.6. The van der Waals surface area contributed by atoms with Crippen LogP contribution in [0.1, 0.15) is 81.6 Å². The molecular weight excluding hydrogens is 795 g/mol. The number of amides is 1. The van der Waals surface area contributed by atoms with Gasteiger partial charge < -0.3 is 24.3 Å². The van der Waals surface area contributed by atoms with Crippen molar-refractivity contribution in [1.29, 1.82) is 0 Å². The number of anilines is 1. The van der Waals surface area contributed by atoms with Gasteiger partial charge in [0.1, 0.15) is 17.1 Å². The van der Waals surface area contributed by atoms with E-state index in [0.717, 1.165) is 56.4 Å². The average molecular weight is 852 g/mol. The largest absolute Gasteiger partial charge is 0.455 e. The molecule has 61 heavy (non-hydrogen) atoms. The Hall–Kier alpha value is -4.83. The van der Waals surface area contributed by atoms with Gasteiger partial charge in [0.25, 0.3) is 21.6 Å². The Balaban J connectivity index is 0.919. The molecule has 1 atom stereocenters. The zero-order chi connectivity index (χ0) is 42.7. The number of nitro benzene ring substituents is 1. The smallest absolute Gasteiger partial charge is 0.273 e. The molecule has 15 heteroatoms. The van der Waals surface area contributed by atoms with E-state index in [9.17, 15) is 23.3 Å². The van der Waals surface area contributed by atoms with Crippen molar-refractivity contribution in [3.05, 3.63) is 93.3 Å². The number of carbonyl (C=O) groups excluding carboxylic acids is 1. The number of fused-ring (bicyclic) bond motifs is 1. The molecule has 2 aromatic heterocycles. The fourth-order valence-corrected chi connectivity index (χ4v) is 11.9. The van der Waals surface area contributed by atoms with Crippen molar-refractivity contribution in [2.45, 2.75) is 83.1 Å². The second-order valence-corrected chi connectivity index (χ2v) is 21.1. The molecule has 2 saturated heterocycles. The summed E-state index contributed by atoms with van der Waals surface area (Å²) >= 11 is 0. The number of nitro groups is 1. The molecule has 2 N–H and O–H groups in total. The molecule has 1 amide bonds.